The van der Waals surface area contributed by atoms with Crippen molar-refractivity contribution in [2.75, 3.05) is 12.4 Å². The Labute approximate surface area is 135 Å². The van der Waals surface area contributed by atoms with Crippen LogP contribution in [0, 0.1) is 0 Å². The Kier molecular flexibility index (Phi) is 4.60. The molecule has 3 rings (SSSR count). The van der Waals surface area contributed by atoms with Gasteiger partial charge in [0.25, 0.3) is 0 Å². The maximum Gasteiger partial charge on any atom is 0.166 e. The summed E-state index contributed by atoms with van der Waals surface area (Å²) in [6.07, 6.45) is -1.43. The summed E-state index contributed by atoms with van der Waals surface area (Å²) in [5.41, 5.74) is 0.900. The summed E-state index contributed by atoms with van der Waals surface area (Å²) in [5, 5.41) is 29.7. The SMILES string of the molecule is CC(=O)CSc1ncnc2c1ncn2C1OC(CO)C(O)C1O. The number of aromatic nitrogens is 4. The monoisotopic (exact) mass is 340 g/mol. The van der Waals surface area contributed by atoms with Gasteiger partial charge < -0.3 is 20.1 Å². The van der Waals surface area contributed by atoms with E-state index in [2.05, 4.69) is 15.0 Å². The number of ketones is 1. The maximum atomic E-state index is 11.1. The largest absolute Gasteiger partial charge is 0.394 e. The highest BCUT2D eigenvalue weighted by Gasteiger charge is 2.44. The van der Waals surface area contributed by atoms with E-state index in [0.29, 0.717) is 16.2 Å². The summed E-state index contributed by atoms with van der Waals surface area (Å²) in [5.74, 6) is 0.289. The first-order valence-corrected chi connectivity index (χ1v) is 7.93. The summed E-state index contributed by atoms with van der Waals surface area (Å²) in [6, 6.07) is 0. The van der Waals surface area contributed by atoms with Crippen molar-refractivity contribution in [1.82, 2.24) is 19.5 Å². The van der Waals surface area contributed by atoms with Gasteiger partial charge in [0.1, 0.15) is 41.0 Å². The number of Topliss-reactive ketones (excluding diaryl/α,β-unsaturated/α-hetero) is 1. The number of ether oxygens (including phenoxy) is 1. The van der Waals surface area contributed by atoms with E-state index in [-0.39, 0.29) is 11.5 Å². The molecule has 0 radical (unpaired) electrons. The van der Waals surface area contributed by atoms with E-state index in [1.807, 2.05) is 0 Å². The lowest BCUT2D eigenvalue weighted by Crippen LogP contribution is -2.33. The standard InChI is InChI=1S/C13H16N4O5S/c1-6(19)3-23-12-8-11(14-4-15-12)17(5-16-8)13-10(21)9(20)7(2-18)22-13/h4-5,7,9-10,13,18,20-21H,2-3H2,1H3. The second-order valence-corrected chi connectivity index (χ2v) is 6.19. The predicted octanol–water partition coefficient (Wildman–Crippen LogP) is -0.881. The van der Waals surface area contributed by atoms with Crippen molar-refractivity contribution in [3.63, 3.8) is 0 Å². The molecular weight excluding hydrogens is 324 g/mol. The van der Waals surface area contributed by atoms with E-state index in [1.165, 1.54) is 35.9 Å². The molecule has 2 aromatic rings. The number of carbonyl (C=O) groups is 1. The van der Waals surface area contributed by atoms with Gasteiger partial charge in [0.05, 0.1) is 18.7 Å². The molecule has 1 fully saturated rings. The number of nitrogens with zero attached hydrogens (tertiary/aromatic N) is 4. The number of rotatable bonds is 5. The number of aliphatic hydroxyl groups is 3. The summed E-state index contributed by atoms with van der Waals surface area (Å²) < 4.78 is 6.96. The molecule has 124 valence electrons. The molecule has 9 nitrogen and oxygen atoms in total. The summed E-state index contributed by atoms with van der Waals surface area (Å²) in [4.78, 5) is 23.6. The molecule has 4 atom stereocenters. The molecule has 0 aromatic carbocycles. The number of aliphatic hydroxyl groups excluding tert-OH is 3. The van der Waals surface area contributed by atoms with Crippen LogP contribution < -0.4 is 0 Å². The van der Waals surface area contributed by atoms with Crippen molar-refractivity contribution >= 4 is 28.7 Å². The minimum Gasteiger partial charge on any atom is -0.394 e. The van der Waals surface area contributed by atoms with E-state index >= 15 is 0 Å². The zero-order valence-corrected chi connectivity index (χ0v) is 13.1. The number of hydrogen-bond donors (Lipinski definition) is 3. The van der Waals surface area contributed by atoms with Gasteiger partial charge in [-0.25, -0.2) is 15.0 Å². The number of thioether (sulfide) groups is 1. The van der Waals surface area contributed by atoms with Crippen molar-refractivity contribution in [2.24, 2.45) is 0 Å². The number of carbonyl (C=O) groups excluding carboxylic acids is 1. The average Bonchev–Trinajstić information content (AvgIpc) is 3.08. The van der Waals surface area contributed by atoms with Crippen LogP contribution >= 0.6 is 11.8 Å². The molecule has 10 heteroatoms. The quantitative estimate of drug-likeness (QED) is 0.469. The van der Waals surface area contributed by atoms with Crippen LogP contribution in [0.5, 0.6) is 0 Å². The molecule has 0 aliphatic carbocycles. The predicted molar refractivity (Wildman–Crippen MR) is 79.7 cm³/mol. The Balaban J connectivity index is 1.94. The molecule has 0 amide bonds. The van der Waals surface area contributed by atoms with Gasteiger partial charge in [-0.3, -0.25) is 9.36 Å². The smallest absolute Gasteiger partial charge is 0.166 e. The van der Waals surface area contributed by atoms with Crippen molar-refractivity contribution in [2.45, 2.75) is 36.5 Å². The van der Waals surface area contributed by atoms with Gasteiger partial charge in [0.15, 0.2) is 11.9 Å². The zero-order chi connectivity index (χ0) is 16.6. The number of hydrogen-bond acceptors (Lipinski definition) is 9. The number of fused-ring (bicyclic) bond motifs is 1. The van der Waals surface area contributed by atoms with E-state index in [0.717, 1.165) is 0 Å². The molecule has 0 spiro atoms. The van der Waals surface area contributed by atoms with E-state index in [9.17, 15) is 15.0 Å². The van der Waals surface area contributed by atoms with Crippen LogP contribution in [0.4, 0.5) is 0 Å². The van der Waals surface area contributed by atoms with Crippen molar-refractivity contribution in [3.05, 3.63) is 12.7 Å². The lowest BCUT2D eigenvalue weighted by Gasteiger charge is -2.16. The average molecular weight is 340 g/mol. The topological polar surface area (TPSA) is 131 Å². The molecule has 1 aliphatic rings. The van der Waals surface area contributed by atoms with E-state index in [1.54, 1.807) is 0 Å². The summed E-state index contributed by atoms with van der Waals surface area (Å²) in [7, 11) is 0. The molecular formula is C13H16N4O5S. The van der Waals surface area contributed by atoms with E-state index < -0.39 is 31.1 Å². The fourth-order valence-electron chi connectivity index (χ4n) is 2.40. The molecule has 1 saturated heterocycles. The lowest BCUT2D eigenvalue weighted by molar-refractivity contribution is -0.114. The molecule has 3 N–H and O–H groups in total. The lowest BCUT2D eigenvalue weighted by atomic mass is 10.1. The van der Waals surface area contributed by atoms with Crippen LogP contribution in [-0.4, -0.2) is 71.3 Å². The minimum absolute atomic E-state index is 0.0182. The van der Waals surface area contributed by atoms with Crippen LogP contribution in [0.3, 0.4) is 0 Å². The fraction of sp³-hybridized carbons (Fsp3) is 0.538. The van der Waals surface area contributed by atoms with E-state index in [4.69, 9.17) is 9.84 Å². The highest BCUT2D eigenvalue weighted by atomic mass is 32.2. The first-order chi connectivity index (χ1) is 11.0. The Morgan fingerprint density at radius 1 is 1.35 bits per heavy atom. The van der Waals surface area contributed by atoms with Gasteiger partial charge >= 0.3 is 0 Å². The molecule has 23 heavy (non-hydrogen) atoms. The Morgan fingerprint density at radius 3 is 2.78 bits per heavy atom. The van der Waals surface area contributed by atoms with Crippen molar-refractivity contribution in [3.8, 4) is 0 Å². The number of imidazole rings is 1. The van der Waals surface area contributed by atoms with Crippen LogP contribution in [0.25, 0.3) is 11.2 Å². The first-order valence-electron chi connectivity index (χ1n) is 6.95. The van der Waals surface area contributed by atoms with Gasteiger partial charge in [0, 0.05) is 0 Å². The third-order valence-electron chi connectivity index (χ3n) is 3.53. The fourth-order valence-corrected chi connectivity index (χ4v) is 3.14. The second kappa shape index (κ2) is 6.49. The van der Waals surface area contributed by atoms with Gasteiger partial charge in [0.2, 0.25) is 0 Å². The molecule has 4 unspecified atom stereocenters. The van der Waals surface area contributed by atoms with Crippen molar-refractivity contribution in [1.29, 1.82) is 0 Å². The minimum atomic E-state index is -1.21. The Morgan fingerprint density at radius 2 is 2.13 bits per heavy atom. The normalized spacial score (nSPS) is 27.7. The summed E-state index contributed by atoms with van der Waals surface area (Å²) >= 11 is 1.25. The van der Waals surface area contributed by atoms with Crippen LogP contribution in [0.15, 0.2) is 17.7 Å². The second-order valence-electron chi connectivity index (χ2n) is 5.22. The Bertz CT molecular complexity index is 723. The molecule has 1 aliphatic heterocycles. The van der Waals surface area contributed by atoms with Crippen LogP contribution in [0.1, 0.15) is 13.2 Å². The maximum absolute atomic E-state index is 11.1. The van der Waals surface area contributed by atoms with Crippen LogP contribution in [0.2, 0.25) is 0 Å². The summed E-state index contributed by atoms with van der Waals surface area (Å²) in [6.45, 7) is 1.08. The van der Waals surface area contributed by atoms with Gasteiger partial charge in [-0.15, -0.1) is 0 Å². The third-order valence-corrected chi connectivity index (χ3v) is 4.65. The highest BCUT2D eigenvalue weighted by molar-refractivity contribution is 8.00. The molecule has 2 aromatic heterocycles. The Hall–Kier alpha value is -1.59. The molecule has 0 saturated carbocycles. The zero-order valence-electron chi connectivity index (χ0n) is 12.2. The van der Waals surface area contributed by atoms with Gasteiger partial charge in [-0.05, 0) is 6.92 Å². The highest BCUT2D eigenvalue weighted by Crippen LogP contribution is 2.32. The van der Waals surface area contributed by atoms with Gasteiger partial charge in [-0.1, -0.05) is 11.8 Å². The molecule has 3 heterocycles. The van der Waals surface area contributed by atoms with Gasteiger partial charge in [-0.2, -0.15) is 0 Å². The van der Waals surface area contributed by atoms with Crippen molar-refractivity contribution < 1.29 is 24.9 Å². The third kappa shape index (κ3) is 2.95. The van der Waals surface area contributed by atoms with Crippen LogP contribution in [-0.2, 0) is 9.53 Å². The first kappa shape index (κ1) is 16.3. The molecule has 0 bridgehead atoms.